The Kier molecular flexibility index (Phi) is 6.73. The number of nitrogens with zero attached hydrogens (tertiary/aromatic N) is 2. The van der Waals surface area contributed by atoms with Gasteiger partial charge in [-0.2, -0.15) is 18.3 Å². The number of hydrogen-bond donors (Lipinski definition) is 1. The second kappa shape index (κ2) is 9.47. The van der Waals surface area contributed by atoms with Gasteiger partial charge in [-0.3, -0.25) is 9.48 Å². The van der Waals surface area contributed by atoms with E-state index in [0.717, 1.165) is 12.1 Å². The minimum Gasteiger partial charge on any atom is -0.493 e. The molecule has 0 spiro atoms. The molecule has 0 saturated carbocycles. The number of aryl methyl sites for hydroxylation is 1. The van der Waals surface area contributed by atoms with Gasteiger partial charge < -0.3 is 14.8 Å². The Labute approximate surface area is 183 Å². The number of carbonyl (C=O) groups is 1. The molecular formula is C23H20F3N3O3. The molecule has 1 heterocycles. The van der Waals surface area contributed by atoms with Crippen molar-refractivity contribution in [3.63, 3.8) is 0 Å². The molecule has 0 saturated heterocycles. The molecule has 32 heavy (non-hydrogen) atoms. The summed E-state index contributed by atoms with van der Waals surface area (Å²) in [7, 11) is 3.16. The number of alkyl halides is 3. The summed E-state index contributed by atoms with van der Waals surface area (Å²) in [6, 6.07) is 9.68. The average Bonchev–Trinajstić information content (AvgIpc) is 3.11. The van der Waals surface area contributed by atoms with Crippen molar-refractivity contribution in [1.82, 2.24) is 9.78 Å². The number of terminal acetylenes is 1. The smallest absolute Gasteiger partial charge is 0.416 e. The molecule has 0 fully saturated rings. The van der Waals surface area contributed by atoms with E-state index < -0.39 is 17.6 Å². The number of ether oxygens (including phenoxy) is 2. The van der Waals surface area contributed by atoms with Crippen LogP contribution in [0.3, 0.4) is 0 Å². The molecular weight excluding hydrogens is 423 g/mol. The van der Waals surface area contributed by atoms with Crippen molar-refractivity contribution in [2.24, 2.45) is 7.05 Å². The van der Waals surface area contributed by atoms with Gasteiger partial charge in [0.2, 0.25) is 5.91 Å². The van der Waals surface area contributed by atoms with Gasteiger partial charge in [-0.15, -0.1) is 6.42 Å². The van der Waals surface area contributed by atoms with Gasteiger partial charge in [-0.25, -0.2) is 0 Å². The van der Waals surface area contributed by atoms with E-state index in [9.17, 15) is 18.0 Å². The van der Waals surface area contributed by atoms with Crippen LogP contribution >= 0.6 is 0 Å². The van der Waals surface area contributed by atoms with Crippen molar-refractivity contribution < 1.29 is 27.4 Å². The molecule has 0 radical (unpaired) electrons. The number of aromatic nitrogens is 2. The Morgan fingerprint density at radius 1 is 1.19 bits per heavy atom. The van der Waals surface area contributed by atoms with Gasteiger partial charge in [0.15, 0.2) is 11.5 Å². The lowest BCUT2D eigenvalue weighted by atomic mass is 10.1. The molecule has 0 aliphatic carbocycles. The fourth-order valence-electron chi connectivity index (χ4n) is 3.04. The zero-order valence-electron chi connectivity index (χ0n) is 17.4. The quantitative estimate of drug-likeness (QED) is 0.553. The number of methoxy groups -OCH3 is 1. The Hall–Kier alpha value is -3.93. The van der Waals surface area contributed by atoms with Gasteiger partial charge in [-0.1, -0.05) is 24.1 Å². The third kappa shape index (κ3) is 5.21. The predicted octanol–water partition coefficient (Wildman–Crippen LogP) is 4.31. The van der Waals surface area contributed by atoms with Crippen molar-refractivity contribution in [1.29, 1.82) is 0 Å². The fraction of sp³-hybridized carbons (Fsp3) is 0.217. The molecule has 0 aliphatic rings. The van der Waals surface area contributed by atoms with E-state index in [-0.39, 0.29) is 13.0 Å². The van der Waals surface area contributed by atoms with Crippen molar-refractivity contribution in [3.05, 3.63) is 59.8 Å². The highest BCUT2D eigenvalue weighted by Gasteiger charge is 2.30. The van der Waals surface area contributed by atoms with Crippen LogP contribution in [-0.2, 0) is 24.4 Å². The molecule has 6 nitrogen and oxygen atoms in total. The van der Waals surface area contributed by atoms with Gasteiger partial charge in [-0.05, 0) is 35.4 Å². The van der Waals surface area contributed by atoms with Gasteiger partial charge in [0, 0.05) is 12.6 Å². The predicted molar refractivity (Wildman–Crippen MR) is 113 cm³/mol. The fourth-order valence-corrected chi connectivity index (χ4v) is 3.04. The standard InChI is InChI=1S/C23H20F3N3O3/c1-4-11-32-19-10-7-16(13-20(19)31-3)18-14-27-29(2)22(18)28-21(30)12-15-5-8-17(9-6-15)23(24,25)26/h1,5-10,13-14H,11-12H2,2-3H3,(H,28,30). The van der Waals surface area contributed by atoms with Crippen molar-refractivity contribution in [3.8, 4) is 35.0 Å². The van der Waals surface area contributed by atoms with Crippen molar-refractivity contribution in [2.75, 3.05) is 19.0 Å². The number of rotatable bonds is 7. The van der Waals surface area contributed by atoms with E-state index in [1.54, 1.807) is 31.4 Å². The first-order chi connectivity index (χ1) is 15.2. The molecule has 0 atom stereocenters. The number of benzene rings is 2. The first-order valence-electron chi connectivity index (χ1n) is 9.45. The second-order valence-corrected chi connectivity index (χ2v) is 6.81. The van der Waals surface area contributed by atoms with Crippen LogP contribution in [0.15, 0.2) is 48.7 Å². The number of hydrogen-bond acceptors (Lipinski definition) is 4. The Bertz CT molecular complexity index is 1150. The minimum absolute atomic E-state index is 0.0911. The summed E-state index contributed by atoms with van der Waals surface area (Å²) < 4.78 is 50.4. The van der Waals surface area contributed by atoms with E-state index in [0.29, 0.717) is 34.0 Å². The third-order valence-electron chi connectivity index (χ3n) is 4.63. The van der Waals surface area contributed by atoms with Crippen LogP contribution < -0.4 is 14.8 Å². The molecule has 3 aromatic rings. The SMILES string of the molecule is C#CCOc1ccc(-c2cnn(C)c2NC(=O)Cc2ccc(C(F)(F)F)cc2)cc1OC. The molecule has 166 valence electrons. The maximum atomic E-state index is 12.7. The summed E-state index contributed by atoms with van der Waals surface area (Å²) in [6.45, 7) is 0.0911. The van der Waals surface area contributed by atoms with Crippen LogP contribution in [0.25, 0.3) is 11.1 Å². The van der Waals surface area contributed by atoms with Crippen molar-refractivity contribution in [2.45, 2.75) is 12.6 Å². The Balaban J connectivity index is 1.79. The highest BCUT2D eigenvalue weighted by molar-refractivity contribution is 5.95. The van der Waals surface area contributed by atoms with Crippen LogP contribution in [0.5, 0.6) is 11.5 Å². The highest BCUT2D eigenvalue weighted by atomic mass is 19.4. The topological polar surface area (TPSA) is 65.4 Å². The van der Waals surface area contributed by atoms with Crippen LogP contribution in [0, 0.1) is 12.3 Å². The lowest BCUT2D eigenvalue weighted by Gasteiger charge is -2.12. The minimum atomic E-state index is -4.42. The first kappa shape index (κ1) is 22.7. The van der Waals surface area contributed by atoms with Gasteiger partial charge in [0.1, 0.15) is 12.4 Å². The molecule has 3 rings (SSSR count). The molecule has 0 bridgehead atoms. The van der Waals surface area contributed by atoms with E-state index in [1.165, 1.54) is 23.9 Å². The molecule has 1 aromatic heterocycles. The Morgan fingerprint density at radius 3 is 2.53 bits per heavy atom. The van der Waals surface area contributed by atoms with E-state index in [1.807, 2.05) is 0 Å². The summed E-state index contributed by atoms with van der Waals surface area (Å²) in [5, 5.41) is 6.98. The summed E-state index contributed by atoms with van der Waals surface area (Å²) in [5.74, 6) is 3.36. The number of carbonyl (C=O) groups excluding carboxylic acids is 1. The van der Waals surface area contributed by atoms with Crippen LogP contribution in [0.1, 0.15) is 11.1 Å². The summed E-state index contributed by atoms with van der Waals surface area (Å²) >= 11 is 0. The Morgan fingerprint density at radius 2 is 1.91 bits per heavy atom. The normalized spacial score (nSPS) is 11.0. The maximum absolute atomic E-state index is 12.7. The summed E-state index contributed by atoms with van der Waals surface area (Å²) in [5.41, 5.74) is 1.04. The highest BCUT2D eigenvalue weighted by Crippen LogP contribution is 2.35. The summed E-state index contributed by atoms with van der Waals surface area (Å²) in [6.07, 6.45) is 2.29. The molecule has 0 aliphatic heterocycles. The monoisotopic (exact) mass is 443 g/mol. The lowest BCUT2D eigenvalue weighted by Crippen LogP contribution is -2.17. The van der Waals surface area contributed by atoms with Crippen molar-refractivity contribution >= 4 is 11.7 Å². The van der Waals surface area contributed by atoms with Gasteiger partial charge >= 0.3 is 6.18 Å². The molecule has 2 aromatic carbocycles. The zero-order chi connectivity index (χ0) is 23.3. The maximum Gasteiger partial charge on any atom is 0.416 e. The molecule has 0 unspecified atom stereocenters. The second-order valence-electron chi connectivity index (χ2n) is 6.81. The summed E-state index contributed by atoms with van der Waals surface area (Å²) in [4.78, 5) is 12.6. The number of halogens is 3. The average molecular weight is 443 g/mol. The number of nitrogens with one attached hydrogen (secondary N) is 1. The molecule has 9 heteroatoms. The first-order valence-corrected chi connectivity index (χ1v) is 9.45. The largest absolute Gasteiger partial charge is 0.493 e. The van der Waals surface area contributed by atoms with Gasteiger partial charge in [0.05, 0.1) is 25.3 Å². The molecule has 1 N–H and O–H groups in total. The number of amides is 1. The van der Waals surface area contributed by atoms with Crippen LogP contribution in [0.2, 0.25) is 0 Å². The lowest BCUT2D eigenvalue weighted by molar-refractivity contribution is -0.137. The van der Waals surface area contributed by atoms with E-state index in [4.69, 9.17) is 15.9 Å². The van der Waals surface area contributed by atoms with Crippen LogP contribution in [0.4, 0.5) is 19.0 Å². The van der Waals surface area contributed by atoms with Crippen LogP contribution in [-0.4, -0.2) is 29.4 Å². The van der Waals surface area contributed by atoms with E-state index in [2.05, 4.69) is 16.3 Å². The van der Waals surface area contributed by atoms with Gasteiger partial charge in [0.25, 0.3) is 0 Å². The zero-order valence-corrected chi connectivity index (χ0v) is 17.4. The molecule has 1 amide bonds. The number of anilines is 1. The third-order valence-corrected chi connectivity index (χ3v) is 4.63. The van der Waals surface area contributed by atoms with E-state index >= 15 is 0 Å².